The number of nitrogens with zero attached hydrogens (tertiary/aromatic N) is 3. The summed E-state index contributed by atoms with van der Waals surface area (Å²) in [5, 5.41) is 21.6. The van der Waals surface area contributed by atoms with Gasteiger partial charge in [0.25, 0.3) is 0 Å². The van der Waals surface area contributed by atoms with Gasteiger partial charge in [0.1, 0.15) is 5.82 Å². The van der Waals surface area contributed by atoms with E-state index in [-0.39, 0.29) is 5.56 Å². The summed E-state index contributed by atoms with van der Waals surface area (Å²) in [7, 11) is 0. The highest BCUT2D eigenvalue weighted by atomic mass is 16.4. The van der Waals surface area contributed by atoms with E-state index < -0.39 is 5.97 Å². The number of carboxylic acids is 1. The lowest BCUT2D eigenvalue weighted by atomic mass is 10.1. The van der Waals surface area contributed by atoms with Gasteiger partial charge < -0.3 is 10.4 Å². The van der Waals surface area contributed by atoms with Crippen molar-refractivity contribution in [2.24, 2.45) is 0 Å². The fourth-order valence-corrected chi connectivity index (χ4v) is 2.11. The van der Waals surface area contributed by atoms with Crippen molar-refractivity contribution in [2.45, 2.75) is 6.54 Å². The molecule has 1 aromatic carbocycles. The van der Waals surface area contributed by atoms with E-state index in [0.29, 0.717) is 17.7 Å². The van der Waals surface area contributed by atoms with E-state index in [1.807, 2.05) is 24.3 Å². The minimum absolute atomic E-state index is 0.190. The van der Waals surface area contributed by atoms with E-state index in [2.05, 4.69) is 20.5 Å². The van der Waals surface area contributed by atoms with Gasteiger partial charge in [-0.05, 0) is 12.1 Å². The first kappa shape index (κ1) is 13.0. The summed E-state index contributed by atoms with van der Waals surface area (Å²) in [6.45, 7) is 0.469. The topological polar surface area (TPSA) is 88.0 Å². The fourth-order valence-electron chi connectivity index (χ4n) is 2.11. The highest BCUT2D eigenvalue weighted by Gasteiger charge is 2.12. The van der Waals surface area contributed by atoms with Crippen molar-refractivity contribution < 1.29 is 9.90 Å². The molecule has 0 aliphatic carbocycles. The molecular weight excluding hydrogens is 268 g/mol. The quantitative estimate of drug-likeness (QED) is 0.762. The Morgan fingerprint density at radius 3 is 2.67 bits per heavy atom. The van der Waals surface area contributed by atoms with Crippen molar-refractivity contribution >= 4 is 22.6 Å². The van der Waals surface area contributed by atoms with Crippen LogP contribution in [-0.4, -0.2) is 26.3 Å². The number of pyridine rings is 1. The van der Waals surface area contributed by atoms with Crippen LogP contribution in [0.2, 0.25) is 0 Å². The first-order chi connectivity index (χ1) is 10.3. The zero-order valence-corrected chi connectivity index (χ0v) is 11.0. The predicted molar refractivity (Wildman–Crippen MR) is 78.1 cm³/mol. The molecule has 0 fully saturated rings. The number of hydrogen-bond acceptors (Lipinski definition) is 5. The lowest BCUT2D eigenvalue weighted by molar-refractivity contribution is 0.0698. The maximum atomic E-state index is 11.2. The molecule has 0 saturated carbocycles. The Morgan fingerprint density at radius 2 is 1.95 bits per heavy atom. The highest BCUT2D eigenvalue weighted by Crippen LogP contribution is 2.24. The molecule has 2 N–H and O–H groups in total. The molecule has 0 spiro atoms. The van der Waals surface area contributed by atoms with Gasteiger partial charge in [-0.2, -0.15) is 10.2 Å². The average Bonchev–Trinajstić information content (AvgIpc) is 2.53. The second-order valence-electron chi connectivity index (χ2n) is 4.44. The molecule has 2 aromatic heterocycles. The number of carboxylic acid groups (broad SMARTS) is 1. The van der Waals surface area contributed by atoms with Crippen LogP contribution in [0, 0.1) is 0 Å². The third kappa shape index (κ3) is 2.64. The van der Waals surface area contributed by atoms with Crippen LogP contribution in [0.5, 0.6) is 0 Å². The Kier molecular flexibility index (Phi) is 3.42. The van der Waals surface area contributed by atoms with E-state index in [4.69, 9.17) is 0 Å². The summed E-state index contributed by atoms with van der Waals surface area (Å²) in [5.74, 6) is -0.361. The highest BCUT2D eigenvalue weighted by molar-refractivity contribution is 6.06. The largest absolute Gasteiger partial charge is 0.478 e. The van der Waals surface area contributed by atoms with Crippen molar-refractivity contribution in [3.63, 3.8) is 0 Å². The van der Waals surface area contributed by atoms with Gasteiger partial charge >= 0.3 is 5.97 Å². The first-order valence-corrected chi connectivity index (χ1v) is 6.37. The van der Waals surface area contributed by atoms with Gasteiger partial charge in [-0.15, -0.1) is 0 Å². The van der Waals surface area contributed by atoms with E-state index in [0.717, 1.165) is 11.1 Å². The lowest BCUT2D eigenvalue weighted by Crippen LogP contribution is -2.06. The number of benzene rings is 1. The summed E-state index contributed by atoms with van der Waals surface area (Å²) < 4.78 is 0. The molecule has 3 rings (SSSR count). The normalized spacial score (nSPS) is 10.5. The van der Waals surface area contributed by atoms with Crippen LogP contribution < -0.4 is 5.32 Å². The van der Waals surface area contributed by atoms with Crippen molar-refractivity contribution in [3.05, 3.63) is 60.0 Å². The Morgan fingerprint density at radius 1 is 1.14 bits per heavy atom. The molecule has 6 nitrogen and oxygen atoms in total. The smallest absolute Gasteiger partial charge is 0.337 e. The summed E-state index contributed by atoms with van der Waals surface area (Å²) in [6, 6.07) is 10.9. The van der Waals surface area contributed by atoms with Gasteiger partial charge in [0.05, 0.1) is 17.8 Å². The Balaban J connectivity index is 1.96. The number of nitrogens with one attached hydrogen (secondary N) is 1. The van der Waals surface area contributed by atoms with Crippen LogP contribution in [0.3, 0.4) is 0 Å². The molecule has 104 valence electrons. The number of carbonyl (C=O) groups is 1. The van der Waals surface area contributed by atoms with Gasteiger partial charge in [-0.3, -0.25) is 0 Å². The molecule has 0 bridgehead atoms. The molecule has 0 atom stereocenters. The maximum Gasteiger partial charge on any atom is 0.337 e. The first-order valence-electron chi connectivity index (χ1n) is 6.37. The van der Waals surface area contributed by atoms with Crippen LogP contribution >= 0.6 is 0 Å². The van der Waals surface area contributed by atoms with Crippen molar-refractivity contribution in [3.8, 4) is 0 Å². The minimum atomic E-state index is -0.987. The van der Waals surface area contributed by atoms with E-state index in [1.165, 1.54) is 6.20 Å². The third-order valence-electron chi connectivity index (χ3n) is 3.09. The van der Waals surface area contributed by atoms with Gasteiger partial charge in [0.2, 0.25) is 0 Å². The van der Waals surface area contributed by atoms with Gasteiger partial charge in [-0.1, -0.05) is 24.3 Å². The number of anilines is 1. The molecule has 6 heteroatoms. The number of fused-ring (bicyclic) bond motifs is 1. The van der Waals surface area contributed by atoms with Crippen LogP contribution in [0.4, 0.5) is 5.82 Å². The van der Waals surface area contributed by atoms with E-state index in [9.17, 15) is 9.90 Å². The molecule has 21 heavy (non-hydrogen) atoms. The standard InChI is InChI=1S/C15H12N4O2/c20-15(21)13-9-17-14(12-6-2-1-5-11(12)13)16-8-10-4-3-7-18-19-10/h1-7,9H,8H2,(H,16,17)(H,20,21). The third-order valence-corrected chi connectivity index (χ3v) is 3.09. The molecule has 0 aliphatic heterocycles. The van der Waals surface area contributed by atoms with Crippen molar-refractivity contribution in [1.82, 2.24) is 15.2 Å². The molecule has 0 unspecified atom stereocenters. The van der Waals surface area contributed by atoms with Crippen LogP contribution in [-0.2, 0) is 6.54 Å². The minimum Gasteiger partial charge on any atom is -0.478 e. The summed E-state index contributed by atoms with van der Waals surface area (Å²) in [5.41, 5.74) is 0.973. The zero-order valence-electron chi connectivity index (χ0n) is 11.0. The van der Waals surface area contributed by atoms with Crippen molar-refractivity contribution in [2.75, 3.05) is 5.32 Å². The Hall–Kier alpha value is -3.02. The Bertz CT molecular complexity index is 790. The molecule has 2 heterocycles. The number of aromatic carboxylic acids is 1. The van der Waals surface area contributed by atoms with Gasteiger partial charge in [-0.25, -0.2) is 9.78 Å². The Labute approximate surface area is 120 Å². The van der Waals surface area contributed by atoms with Crippen LogP contribution in [0.25, 0.3) is 10.8 Å². The number of rotatable bonds is 4. The number of hydrogen-bond donors (Lipinski definition) is 2. The van der Waals surface area contributed by atoms with Gasteiger partial charge in [0, 0.05) is 23.2 Å². The van der Waals surface area contributed by atoms with Crippen LogP contribution in [0.1, 0.15) is 16.1 Å². The second-order valence-corrected chi connectivity index (χ2v) is 4.44. The maximum absolute atomic E-state index is 11.2. The second kappa shape index (κ2) is 5.54. The monoisotopic (exact) mass is 280 g/mol. The van der Waals surface area contributed by atoms with Crippen LogP contribution in [0.15, 0.2) is 48.8 Å². The average molecular weight is 280 g/mol. The van der Waals surface area contributed by atoms with Gasteiger partial charge in [0.15, 0.2) is 0 Å². The predicted octanol–water partition coefficient (Wildman–Crippen LogP) is 2.34. The van der Waals surface area contributed by atoms with E-state index >= 15 is 0 Å². The van der Waals surface area contributed by atoms with E-state index in [1.54, 1.807) is 18.3 Å². The summed E-state index contributed by atoms with van der Waals surface area (Å²) >= 11 is 0. The SMILES string of the molecule is O=C(O)c1cnc(NCc2cccnn2)c2ccccc12. The number of aromatic nitrogens is 3. The molecular formula is C15H12N4O2. The molecule has 0 radical (unpaired) electrons. The summed E-state index contributed by atoms with van der Waals surface area (Å²) in [4.78, 5) is 15.4. The molecule has 3 aromatic rings. The fraction of sp³-hybridized carbons (Fsp3) is 0.0667. The molecule has 0 aliphatic rings. The summed E-state index contributed by atoms with van der Waals surface area (Å²) in [6.07, 6.45) is 2.97. The lowest BCUT2D eigenvalue weighted by Gasteiger charge is -2.09. The molecule has 0 amide bonds. The molecule has 0 saturated heterocycles. The van der Waals surface area contributed by atoms with Crippen molar-refractivity contribution in [1.29, 1.82) is 0 Å². The zero-order chi connectivity index (χ0) is 14.7.